The Balaban J connectivity index is 2.20. The number of hydrogen-bond donors (Lipinski definition) is 2. The summed E-state index contributed by atoms with van der Waals surface area (Å²) in [5.74, 6) is -0.0644. The van der Waals surface area contributed by atoms with Crippen molar-refractivity contribution < 1.29 is 4.79 Å². The summed E-state index contributed by atoms with van der Waals surface area (Å²) in [4.78, 5) is 12.5. The van der Waals surface area contributed by atoms with Gasteiger partial charge in [-0.1, -0.05) is 27.7 Å². The first-order valence-corrected chi connectivity index (χ1v) is 7.23. The van der Waals surface area contributed by atoms with E-state index in [0.29, 0.717) is 12.2 Å². The van der Waals surface area contributed by atoms with Crippen LogP contribution in [0.25, 0.3) is 0 Å². The average molecular weight is 278 g/mol. The lowest BCUT2D eigenvalue weighted by molar-refractivity contribution is -0.0664. The number of aryl methyl sites for hydroxylation is 2. The molecule has 0 unspecified atom stereocenters. The standard InChI is InChI=1S/C15H26N4O/c1-7-19-10(8-9(2)18-19)11(20)17-13-14(3,4)12(16)15(13,5)6/h8,12-13H,7,16H2,1-6H3,(H,17,20). The fourth-order valence-corrected chi connectivity index (χ4v) is 3.73. The average Bonchev–Trinajstić information content (AvgIpc) is 2.75. The van der Waals surface area contributed by atoms with Crippen LogP contribution in [-0.4, -0.2) is 27.8 Å². The molecule has 1 aromatic rings. The van der Waals surface area contributed by atoms with Crippen molar-refractivity contribution in [3.05, 3.63) is 17.5 Å². The molecule has 0 radical (unpaired) electrons. The Bertz CT molecular complexity index is 514. The van der Waals surface area contributed by atoms with Crippen LogP contribution >= 0.6 is 0 Å². The Hall–Kier alpha value is -1.36. The lowest BCUT2D eigenvalue weighted by atomic mass is 9.48. The topological polar surface area (TPSA) is 72.9 Å². The van der Waals surface area contributed by atoms with Crippen LogP contribution in [0.5, 0.6) is 0 Å². The minimum absolute atomic E-state index is 0.0644. The number of carbonyl (C=O) groups excluding carboxylic acids is 1. The second-order valence-corrected chi connectivity index (χ2v) is 7.01. The molecule has 1 aromatic heterocycles. The van der Waals surface area contributed by atoms with Gasteiger partial charge in [-0.25, -0.2) is 0 Å². The van der Waals surface area contributed by atoms with Gasteiger partial charge in [0.05, 0.1) is 5.69 Å². The van der Waals surface area contributed by atoms with Crippen LogP contribution < -0.4 is 11.1 Å². The molecule has 0 saturated heterocycles. The number of hydrogen-bond acceptors (Lipinski definition) is 3. The van der Waals surface area contributed by atoms with Crippen LogP contribution in [0.2, 0.25) is 0 Å². The zero-order valence-corrected chi connectivity index (χ0v) is 13.3. The molecule has 112 valence electrons. The van der Waals surface area contributed by atoms with Crippen molar-refractivity contribution in [2.45, 2.75) is 60.2 Å². The number of nitrogens with zero attached hydrogens (tertiary/aromatic N) is 2. The zero-order chi connectivity index (χ0) is 15.3. The normalized spacial score (nSPS) is 26.9. The van der Waals surface area contributed by atoms with Gasteiger partial charge in [0.25, 0.3) is 5.91 Å². The molecule has 2 rings (SSSR count). The van der Waals surface area contributed by atoms with E-state index in [2.05, 4.69) is 38.1 Å². The van der Waals surface area contributed by atoms with E-state index in [-0.39, 0.29) is 28.8 Å². The fourth-order valence-electron chi connectivity index (χ4n) is 3.73. The summed E-state index contributed by atoms with van der Waals surface area (Å²) in [6, 6.07) is 1.98. The van der Waals surface area contributed by atoms with Crippen LogP contribution in [0.15, 0.2) is 6.07 Å². The Morgan fingerprint density at radius 1 is 1.40 bits per heavy atom. The van der Waals surface area contributed by atoms with Gasteiger partial charge < -0.3 is 11.1 Å². The molecule has 1 heterocycles. The molecule has 3 N–H and O–H groups in total. The third-order valence-corrected chi connectivity index (χ3v) is 4.80. The number of aromatic nitrogens is 2. The van der Waals surface area contributed by atoms with Crippen LogP contribution in [-0.2, 0) is 6.54 Å². The molecule has 5 heteroatoms. The molecule has 20 heavy (non-hydrogen) atoms. The summed E-state index contributed by atoms with van der Waals surface area (Å²) >= 11 is 0. The van der Waals surface area contributed by atoms with E-state index in [1.54, 1.807) is 4.68 Å². The maximum atomic E-state index is 12.5. The van der Waals surface area contributed by atoms with Gasteiger partial charge in [-0.05, 0) is 19.9 Å². The molecule has 1 saturated carbocycles. The lowest BCUT2D eigenvalue weighted by Crippen LogP contribution is -2.76. The van der Waals surface area contributed by atoms with E-state index < -0.39 is 0 Å². The minimum atomic E-state index is -0.0920. The van der Waals surface area contributed by atoms with E-state index in [1.165, 1.54) is 0 Å². The Kier molecular flexibility index (Phi) is 3.45. The Morgan fingerprint density at radius 3 is 2.45 bits per heavy atom. The molecule has 5 nitrogen and oxygen atoms in total. The van der Waals surface area contributed by atoms with Crippen molar-refractivity contribution in [1.29, 1.82) is 0 Å². The van der Waals surface area contributed by atoms with E-state index in [9.17, 15) is 4.79 Å². The van der Waals surface area contributed by atoms with Crippen LogP contribution in [0.1, 0.15) is 50.8 Å². The molecule has 0 aromatic carbocycles. The van der Waals surface area contributed by atoms with Crippen molar-refractivity contribution in [3.63, 3.8) is 0 Å². The maximum Gasteiger partial charge on any atom is 0.269 e. The predicted octanol–water partition coefficient (Wildman–Crippen LogP) is 1.70. The quantitative estimate of drug-likeness (QED) is 0.884. The van der Waals surface area contributed by atoms with Crippen LogP contribution in [0, 0.1) is 17.8 Å². The maximum absolute atomic E-state index is 12.5. The Labute approximate surface area is 120 Å². The van der Waals surface area contributed by atoms with E-state index in [1.807, 2.05) is 19.9 Å². The molecule has 0 atom stereocenters. The first kappa shape index (κ1) is 15.0. The monoisotopic (exact) mass is 278 g/mol. The summed E-state index contributed by atoms with van der Waals surface area (Å²) in [5, 5.41) is 7.47. The lowest BCUT2D eigenvalue weighted by Gasteiger charge is -2.62. The van der Waals surface area contributed by atoms with Crippen molar-refractivity contribution in [2.75, 3.05) is 0 Å². The molecular formula is C15H26N4O. The third-order valence-electron chi connectivity index (χ3n) is 4.80. The van der Waals surface area contributed by atoms with Gasteiger partial charge in [0.1, 0.15) is 5.69 Å². The first-order chi connectivity index (χ1) is 9.12. The Morgan fingerprint density at radius 2 is 1.95 bits per heavy atom. The minimum Gasteiger partial charge on any atom is -0.347 e. The van der Waals surface area contributed by atoms with Crippen molar-refractivity contribution in [3.8, 4) is 0 Å². The van der Waals surface area contributed by atoms with Gasteiger partial charge in [-0.15, -0.1) is 0 Å². The second-order valence-electron chi connectivity index (χ2n) is 7.01. The highest BCUT2D eigenvalue weighted by Crippen LogP contribution is 2.52. The summed E-state index contributed by atoms with van der Waals surface area (Å²) in [5.41, 5.74) is 7.53. The fraction of sp³-hybridized carbons (Fsp3) is 0.733. The smallest absolute Gasteiger partial charge is 0.269 e. The van der Waals surface area contributed by atoms with Crippen LogP contribution in [0.3, 0.4) is 0 Å². The van der Waals surface area contributed by atoms with E-state index >= 15 is 0 Å². The number of nitrogens with two attached hydrogens (primary N) is 1. The molecule has 0 aliphatic heterocycles. The number of amides is 1. The van der Waals surface area contributed by atoms with E-state index in [4.69, 9.17) is 5.73 Å². The third kappa shape index (κ3) is 2.04. The van der Waals surface area contributed by atoms with Gasteiger partial charge in [0, 0.05) is 29.5 Å². The number of rotatable bonds is 3. The molecule has 1 fully saturated rings. The van der Waals surface area contributed by atoms with Crippen LogP contribution in [0.4, 0.5) is 0 Å². The van der Waals surface area contributed by atoms with Gasteiger partial charge in [0.2, 0.25) is 0 Å². The van der Waals surface area contributed by atoms with Crippen molar-refractivity contribution >= 4 is 5.91 Å². The predicted molar refractivity (Wildman–Crippen MR) is 79.4 cm³/mol. The number of carbonyl (C=O) groups is 1. The van der Waals surface area contributed by atoms with Gasteiger partial charge >= 0.3 is 0 Å². The largest absolute Gasteiger partial charge is 0.347 e. The van der Waals surface area contributed by atoms with Gasteiger partial charge in [-0.3, -0.25) is 9.48 Å². The molecule has 1 aliphatic rings. The SMILES string of the molecule is CCn1nc(C)cc1C(=O)NC1C(C)(C)C(N)C1(C)C. The van der Waals surface area contributed by atoms with Gasteiger partial charge in [0.15, 0.2) is 0 Å². The highest BCUT2D eigenvalue weighted by molar-refractivity contribution is 5.93. The molecule has 0 bridgehead atoms. The summed E-state index contributed by atoms with van der Waals surface area (Å²) < 4.78 is 1.74. The highest BCUT2D eigenvalue weighted by Gasteiger charge is 2.60. The molecule has 0 spiro atoms. The summed E-state index contributed by atoms with van der Waals surface area (Å²) in [7, 11) is 0. The molecule has 1 amide bonds. The number of nitrogens with one attached hydrogen (secondary N) is 1. The van der Waals surface area contributed by atoms with Crippen molar-refractivity contribution in [2.24, 2.45) is 16.6 Å². The summed E-state index contributed by atoms with van der Waals surface area (Å²) in [6.45, 7) is 13.0. The zero-order valence-electron chi connectivity index (χ0n) is 13.3. The summed E-state index contributed by atoms with van der Waals surface area (Å²) in [6.07, 6.45) is 0. The molecule has 1 aliphatic carbocycles. The van der Waals surface area contributed by atoms with Crippen molar-refractivity contribution in [1.82, 2.24) is 15.1 Å². The molecular weight excluding hydrogens is 252 g/mol. The van der Waals surface area contributed by atoms with Gasteiger partial charge in [-0.2, -0.15) is 5.10 Å². The highest BCUT2D eigenvalue weighted by atomic mass is 16.2. The second kappa shape index (κ2) is 4.58. The van der Waals surface area contributed by atoms with E-state index in [0.717, 1.165) is 5.69 Å². The first-order valence-electron chi connectivity index (χ1n) is 7.23.